The fourth-order valence-electron chi connectivity index (χ4n) is 1.76. The number of aliphatic hydroxyl groups is 1. The van der Waals surface area contributed by atoms with Crippen LogP contribution in [0.25, 0.3) is 0 Å². The molecule has 1 aromatic carbocycles. The maximum atomic E-state index is 12.6. The zero-order chi connectivity index (χ0) is 15.3. The number of benzene rings is 1. The molecule has 1 rings (SSSR count). The summed E-state index contributed by atoms with van der Waals surface area (Å²) in [5, 5.41) is 11.3. The van der Waals surface area contributed by atoms with E-state index in [4.69, 9.17) is 10.8 Å². The minimum atomic E-state index is -4.46. The zero-order valence-electron chi connectivity index (χ0n) is 10.9. The van der Waals surface area contributed by atoms with E-state index in [1.807, 2.05) is 0 Å². The Bertz CT molecular complexity index is 478. The molecule has 0 unspecified atom stereocenters. The van der Waals surface area contributed by atoms with Crippen molar-refractivity contribution in [3.8, 4) is 0 Å². The number of nitrogens with one attached hydrogen (secondary N) is 1. The van der Waals surface area contributed by atoms with Gasteiger partial charge in [0, 0.05) is 19.3 Å². The first kappa shape index (κ1) is 16.1. The molecule has 0 heterocycles. The fourth-order valence-corrected chi connectivity index (χ4v) is 1.76. The van der Waals surface area contributed by atoms with Gasteiger partial charge in [0.05, 0.1) is 17.9 Å². The van der Waals surface area contributed by atoms with E-state index in [1.54, 1.807) is 0 Å². The van der Waals surface area contributed by atoms with Crippen molar-refractivity contribution in [1.29, 1.82) is 0 Å². The molecule has 8 heteroatoms. The second-order valence-electron chi connectivity index (χ2n) is 4.12. The Labute approximate surface area is 114 Å². The van der Waals surface area contributed by atoms with Gasteiger partial charge >= 0.3 is 6.18 Å². The number of nitrogens with zero attached hydrogens (tertiary/aromatic N) is 1. The van der Waals surface area contributed by atoms with Crippen LogP contribution in [-0.4, -0.2) is 43.9 Å². The normalized spacial score (nSPS) is 11.2. The Balaban J connectivity index is 3.23. The quantitative estimate of drug-likeness (QED) is 0.707. The van der Waals surface area contributed by atoms with Gasteiger partial charge in [0.25, 0.3) is 5.91 Å². The zero-order valence-corrected chi connectivity index (χ0v) is 10.9. The summed E-state index contributed by atoms with van der Waals surface area (Å²) in [5.74, 6) is -0.523. The molecule has 0 fully saturated rings. The maximum absolute atomic E-state index is 12.6. The van der Waals surface area contributed by atoms with Crippen LogP contribution in [0.5, 0.6) is 0 Å². The Hall–Kier alpha value is -1.96. The van der Waals surface area contributed by atoms with E-state index in [2.05, 4.69) is 5.32 Å². The molecule has 5 nitrogen and oxygen atoms in total. The van der Waals surface area contributed by atoms with Crippen molar-refractivity contribution >= 4 is 17.3 Å². The molecule has 0 aliphatic heterocycles. The number of carbonyl (C=O) groups is 1. The average Bonchev–Trinajstić information content (AvgIpc) is 2.35. The Kier molecular flexibility index (Phi) is 5.20. The van der Waals surface area contributed by atoms with Gasteiger partial charge in [-0.15, -0.1) is 0 Å². The van der Waals surface area contributed by atoms with Crippen LogP contribution < -0.4 is 16.0 Å². The maximum Gasteiger partial charge on any atom is 0.405 e. The monoisotopic (exact) mass is 291 g/mol. The minimum absolute atomic E-state index is 0.0377. The smallest absolute Gasteiger partial charge is 0.399 e. The molecule has 0 aliphatic rings. The highest BCUT2D eigenvalue weighted by molar-refractivity contribution is 6.00. The third-order valence-electron chi connectivity index (χ3n) is 2.57. The van der Waals surface area contributed by atoms with Crippen LogP contribution in [0.4, 0.5) is 24.5 Å². The van der Waals surface area contributed by atoms with E-state index in [0.717, 1.165) is 4.90 Å². The number of nitrogens with two attached hydrogens (primary N) is 1. The Morgan fingerprint density at radius 3 is 2.60 bits per heavy atom. The van der Waals surface area contributed by atoms with Gasteiger partial charge in [-0.2, -0.15) is 13.2 Å². The van der Waals surface area contributed by atoms with Gasteiger partial charge in [-0.05, 0) is 18.2 Å². The number of halogens is 3. The molecule has 112 valence electrons. The van der Waals surface area contributed by atoms with Gasteiger partial charge in [0.2, 0.25) is 0 Å². The molecule has 0 atom stereocenters. The molecule has 0 spiro atoms. The van der Waals surface area contributed by atoms with Crippen molar-refractivity contribution < 1.29 is 23.1 Å². The summed E-state index contributed by atoms with van der Waals surface area (Å²) in [6.45, 7) is -2.01. The lowest BCUT2D eigenvalue weighted by Gasteiger charge is -2.27. The number of hydrogen-bond donors (Lipinski definition) is 3. The minimum Gasteiger partial charge on any atom is -0.399 e. The van der Waals surface area contributed by atoms with E-state index >= 15 is 0 Å². The fraction of sp³-hybridized carbons (Fsp3) is 0.417. The first-order chi connectivity index (χ1) is 9.28. The summed E-state index contributed by atoms with van der Waals surface area (Å²) in [7, 11) is 1.38. The lowest BCUT2D eigenvalue weighted by atomic mass is 10.1. The predicted octanol–water partition coefficient (Wildman–Crippen LogP) is 0.989. The van der Waals surface area contributed by atoms with Crippen molar-refractivity contribution in [3.05, 3.63) is 23.8 Å². The van der Waals surface area contributed by atoms with E-state index < -0.39 is 25.2 Å². The molecule has 0 aromatic heterocycles. The summed E-state index contributed by atoms with van der Waals surface area (Å²) in [5.41, 5.74) is 5.91. The van der Waals surface area contributed by atoms with Crippen molar-refractivity contribution in [2.45, 2.75) is 6.18 Å². The summed E-state index contributed by atoms with van der Waals surface area (Å²) in [6.07, 6.45) is -4.46. The Morgan fingerprint density at radius 2 is 2.10 bits per heavy atom. The van der Waals surface area contributed by atoms with E-state index in [1.165, 1.54) is 25.2 Å². The third kappa shape index (κ3) is 4.30. The number of anilines is 2. The van der Waals surface area contributed by atoms with Gasteiger partial charge in [-0.1, -0.05) is 0 Å². The third-order valence-corrected chi connectivity index (χ3v) is 2.57. The Morgan fingerprint density at radius 1 is 1.45 bits per heavy atom. The molecule has 1 aromatic rings. The number of nitrogen functional groups attached to an aromatic ring is 1. The highest BCUT2D eigenvalue weighted by atomic mass is 19.4. The van der Waals surface area contributed by atoms with Crippen LogP contribution in [0, 0.1) is 0 Å². The second kappa shape index (κ2) is 6.47. The molecule has 0 radical (unpaired) electrons. The lowest BCUT2D eigenvalue weighted by Crippen LogP contribution is -2.37. The van der Waals surface area contributed by atoms with E-state index in [9.17, 15) is 18.0 Å². The molecule has 0 bridgehead atoms. The molecule has 0 saturated carbocycles. The van der Waals surface area contributed by atoms with Gasteiger partial charge in [0.1, 0.15) is 6.54 Å². The molecule has 1 amide bonds. The number of aliphatic hydroxyl groups excluding tert-OH is 1. The molecule has 4 N–H and O–H groups in total. The number of carbonyl (C=O) groups excluding carboxylic acids is 1. The van der Waals surface area contributed by atoms with Gasteiger partial charge in [-0.25, -0.2) is 0 Å². The average molecular weight is 291 g/mol. The van der Waals surface area contributed by atoms with Crippen LogP contribution in [-0.2, 0) is 0 Å². The van der Waals surface area contributed by atoms with Crippen LogP contribution >= 0.6 is 0 Å². The van der Waals surface area contributed by atoms with Crippen LogP contribution in [0.2, 0.25) is 0 Å². The SMILES string of the molecule is CNC(=O)c1ccc(N)cc1N(CCO)CC(F)(F)F. The van der Waals surface area contributed by atoms with Crippen molar-refractivity contribution in [2.24, 2.45) is 0 Å². The number of rotatable bonds is 5. The first-order valence-corrected chi connectivity index (χ1v) is 5.82. The highest BCUT2D eigenvalue weighted by Crippen LogP contribution is 2.27. The highest BCUT2D eigenvalue weighted by Gasteiger charge is 2.32. The molecule has 20 heavy (non-hydrogen) atoms. The number of alkyl halides is 3. The molecular weight excluding hydrogens is 275 g/mol. The topological polar surface area (TPSA) is 78.6 Å². The lowest BCUT2D eigenvalue weighted by molar-refractivity contribution is -0.119. The molecule has 0 aliphatic carbocycles. The van der Waals surface area contributed by atoms with Crippen LogP contribution in [0.3, 0.4) is 0 Å². The summed E-state index contributed by atoms with van der Waals surface area (Å²) in [6, 6.07) is 4.06. The largest absolute Gasteiger partial charge is 0.405 e. The van der Waals surface area contributed by atoms with E-state index in [-0.39, 0.29) is 23.5 Å². The predicted molar refractivity (Wildman–Crippen MR) is 69.6 cm³/mol. The first-order valence-electron chi connectivity index (χ1n) is 5.82. The van der Waals surface area contributed by atoms with Crippen LogP contribution in [0.15, 0.2) is 18.2 Å². The van der Waals surface area contributed by atoms with Crippen molar-refractivity contribution in [2.75, 3.05) is 37.4 Å². The standard InChI is InChI=1S/C12H16F3N3O2/c1-17-11(20)9-3-2-8(16)6-10(9)18(4-5-19)7-12(13,14)15/h2-3,6,19H,4-5,7,16H2,1H3,(H,17,20). The summed E-state index contributed by atoms with van der Waals surface area (Å²) >= 11 is 0. The van der Waals surface area contributed by atoms with Gasteiger partial charge in [0.15, 0.2) is 0 Å². The van der Waals surface area contributed by atoms with Gasteiger partial charge in [-0.3, -0.25) is 4.79 Å². The van der Waals surface area contributed by atoms with Gasteiger partial charge < -0.3 is 21.1 Å². The number of hydrogen-bond acceptors (Lipinski definition) is 4. The summed E-state index contributed by atoms with van der Waals surface area (Å²) in [4.78, 5) is 12.6. The molecular formula is C12H16F3N3O2. The second-order valence-corrected chi connectivity index (χ2v) is 4.12. The number of amides is 1. The van der Waals surface area contributed by atoms with E-state index in [0.29, 0.717) is 0 Å². The van der Waals surface area contributed by atoms with Crippen LogP contribution in [0.1, 0.15) is 10.4 Å². The summed E-state index contributed by atoms with van der Waals surface area (Å²) < 4.78 is 37.7. The molecule has 0 saturated heterocycles. The van der Waals surface area contributed by atoms with Crippen molar-refractivity contribution in [3.63, 3.8) is 0 Å². The van der Waals surface area contributed by atoms with Crippen molar-refractivity contribution in [1.82, 2.24) is 5.32 Å².